The van der Waals surface area contributed by atoms with Crippen LogP contribution in [0.25, 0.3) is 0 Å². The van der Waals surface area contributed by atoms with Crippen molar-refractivity contribution in [2.45, 2.75) is 12.7 Å². The van der Waals surface area contributed by atoms with Gasteiger partial charge >= 0.3 is 5.97 Å². The fourth-order valence-electron chi connectivity index (χ4n) is 2.56. The SMILES string of the molecule is COC(=O)C1=COC(OC)C2C(CN)=CCC12. The molecule has 94 valence electrons. The zero-order valence-corrected chi connectivity index (χ0v) is 10.0. The number of methoxy groups -OCH3 is 2. The van der Waals surface area contributed by atoms with Gasteiger partial charge in [-0.1, -0.05) is 11.6 Å². The van der Waals surface area contributed by atoms with Crippen LogP contribution in [0.5, 0.6) is 0 Å². The van der Waals surface area contributed by atoms with E-state index >= 15 is 0 Å². The van der Waals surface area contributed by atoms with Gasteiger partial charge in [-0.05, 0) is 6.42 Å². The van der Waals surface area contributed by atoms with Crippen molar-refractivity contribution >= 4 is 5.97 Å². The summed E-state index contributed by atoms with van der Waals surface area (Å²) in [6, 6.07) is 0. The van der Waals surface area contributed by atoms with Crippen LogP contribution in [0.15, 0.2) is 23.5 Å². The molecule has 3 unspecified atom stereocenters. The second kappa shape index (κ2) is 4.89. The molecule has 0 amide bonds. The van der Waals surface area contributed by atoms with Crippen LogP contribution in [0.2, 0.25) is 0 Å². The van der Waals surface area contributed by atoms with Gasteiger partial charge in [0.25, 0.3) is 0 Å². The molecule has 0 spiro atoms. The van der Waals surface area contributed by atoms with Crippen LogP contribution < -0.4 is 5.73 Å². The Kier molecular flexibility index (Phi) is 3.49. The molecule has 0 aromatic carbocycles. The lowest BCUT2D eigenvalue weighted by Gasteiger charge is -2.33. The standard InChI is InChI=1S/C12H17NO4/c1-15-11(14)9-6-17-12(16-2)10-7(5-13)3-4-8(9)10/h3,6,8,10,12H,4-5,13H2,1-2H3. The lowest BCUT2D eigenvalue weighted by atomic mass is 9.83. The molecular formula is C12H17NO4. The highest BCUT2D eigenvalue weighted by Gasteiger charge is 2.43. The molecule has 0 bridgehead atoms. The van der Waals surface area contributed by atoms with E-state index in [4.69, 9.17) is 19.9 Å². The second-order valence-corrected chi connectivity index (χ2v) is 4.16. The molecule has 2 rings (SSSR count). The number of allylic oxidation sites excluding steroid dienone is 1. The maximum absolute atomic E-state index is 11.6. The Bertz CT molecular complexity index is 375. The van der Waals surface area contributed by atoms with Crippen molar-refractivity contribution in [3.63, 3.8) is 0 Å². The lowest BCUT2D eigenvalue weighted by Crippen LogP contribution is -2.37. The van der Waals surface area contributed by atoms with E-state index < -0.39 is 0 Å². The number of carbonyl (C=O) groups is 1. The Labute approximate surface area is 100 Å². The van der Waals surface area contributed by atoms with Gasteiger partial charge in [-0.3, -0.25) is 0 Å². The smallest absolute Gasteiger partial charge is 0.337 e. The third-order valence-electron chi connectivity index (χ3n) is 3.41. The number of ether oxygens (including phenoxy) is 3. The summed E-state index contributed by atoms with van der Waals surface area (Å²) < 4.78 is 15.5. The molecule has 17 heavy (non-hydrogen) atoms. The van der Waals surface area contributed by atoms with Crippen LogP contribution in [0, 0.1) is 11.8 Å². The van der Waals surface area contributed by atoms with E-state index in [1.54, 1.807) is 7.11 Å². The average Bonchev–Trinajstić information content (AvgIpc) is 2.80. The predicted molar refractivity (Wildman–Crippen MR) is 60.7 cm³/mol. The average molecular weight is 239 g/mol. The molecule has 0 aromatic heterocycles. The number of hydrogen-bond acceptors (Lipinski definition) is 5. The Morgan fingerprint density at radius 1 is 1.59 bits per heavy atom. The first-order valence-corrected chi connectivity index (χ1v) is 5.58. The maximum atomic E-state index is 11.6. The van der Waals surface area contributed by atoms with Crippen LogP contribution >= 0.6 is 0 Å². The molecule has 5 heteroatoms. The number of carbonyl (C=O) groups excluding carboxylic acids is 1. The Morgan fingerprint density at radius 3 is 2.94 bits per heavy atom. The van der Waals surface area contributed by atoms with Crippen LogP contribution in [0.1, 0.15) is 6.42 Å². The van der Waals surface area contributed by atoms with Crippen LogP contribution in [0.3, 0.4) is 0 Å². The topological polar surface area (TPSA) is 70.8 Å². The molecule has 5 nitrogen and oxygen atoms in total. The molecule has 1 heterocycles. The predicted octanol–water partition coefficient (Wildman–Crippen LogP) is 0.567. The van der Waals surface area contributed by atoms with E-state index in [0.717, 1.165) is 12.0 Å². The van der Waals surface area contributed by atoms with E-state index in [1.165, 1.54) is 13.4 Å². The number of esters is 1. The molecular weight excluding hydrogens is 222 g/mol. The number of nitrogens with two attached hydrogens (primary N) is 1. The van der Waals surface area contributed by atoms with Gasteiger partial charge in [0.1, 0.15) is 0 Å². The van der Waals surface area contributed by atoms with Crippen molar-refractivity contribution in [2.75, 3.05) is 20.8 Å². The van der Waals surface area contributed by atoms with Gasteiger partial charge in [0.15, 0.2) is 0 Å². The summed E-state index contributed by atoms with van der Waals surface area (Å²) in [5, 5.41) is 0. The summed E-state index contributed by atoms with van der Waals surface area (Å²) in [4.78, 5) is 11.6. The van der Waals surface area contributed by atoms with Gasteiger partial charge < -0.3 is 19.9 Å². The van der Waals surface area contributed by atoms with Crippen molar-refractivity contribution in [2.24, 2.45) is 17.6 Å². The fraction of sp³-hybridized carbons (Fsp3) is 0.583. The minimum atomic E-state index is -0.370. The molecule has 0 aromatic rings. The quantitative estimate of drug-likeness (QED) is 0.576. The summed E-state index contributed by atoms with van der Waals surface area (Å²) in [5.74, 6) is -0.273. The molecule has 0 saturated carbocycles. The zero-order valence-electron chi connectivity index (χ0n) is 10.0. The molecule has 1 aliphatic carbocycles. The van der Waals surface area contributed by atoms with Crippen molar-refractivity contribution in [1.82, 2.24) is 0 Å². The minimum absolute atomic E-state index is 0.0177. The molecule has 0 saturated heterocycles. The third kappa shape index (κ3) is 1.96. The molecule has 3 atom stereocenters. The van der Waals surface area contributed by atoms with Gasteiger partial charge in [0, 0.05) is 19.6 Å². The molecule has 2 aliphatic rings. The van der Waals surface area contributed by atoms with Crippen LogP contribution in [-0.4, -0.2) is 33.0 Å². The van der Waals surface area contributed by atoms with Gasteiger partial charge in [-0.15, -0.1) is 0 Å². The van der Waals surface area contributed by atoms with E-state index in [-0.39, 0.29) is 24.1 Å². The highest BCUT2D eigenvalue weighted by molar-refractivity contribution is 5.89. The van der Waals surface area contributed by atoms with Gasteiger partial charge in [-0.25, -0.2) is 4.79 Å². The minimum Gasteiger partial charge on any atom is -0.471 e. The van der Waals surface area contributed by atoms with Crippen LogP contribution in [0.4, 0.5) is 0 Å². The van der Waals surface area contributed by atoms with Gasteiger partial charge in [-0.2, -0.15) is 0 Å². The number of fused-ring (bicyclic) bond motifs is 1. The second-order valence-electron chi connectivity index (χ2n) is 4.16. The monoisotopic (exact) mass is 239 g/mol. The Balaban J connectivity index is 2.27. The first-order chi connectivity index (χ1) is 8.22. The summed E-state index contributed by atoms with van der Waals surface area (Å²) in [6.07, 6.45) is 3.92. The maximum Gasteiger partial charge on any atom is 0.337 e. The number of hydrogen-bond donors (Lipinski definition) is 1. The largest absolute Gasteiger partial charge is 0.471 e. The Hall–Kier alpha value is -1.33. The van der Waals surface area contributed by atoms with Gasteiger partial charge in [0.05, 0.1) is 24.9 Å². The Morgan fingerprint density at radius 2 is 2.35 bits per heavy atom. The summed E-state index contributed by atoms with van der Waals surface area (Å²) >= 11 is 0. The first-order valence-electron chi connectivity index (χ1n) is 5.58. The first kappa shape index (κ1) is 12.1. The molecule has 2 N–H and O–H groups in total. The van der Waals surface area contributed by atoms with Crippen molar-refractivity contribution < 1.29 is 19.0 Å². The molecule has 1 aliphatic heterocycles. The summed E-state index contributed by atoms with van der Waals surface area (Å²) in [5.41, 5.74) is 7.34. The number of rotatable bonds is 3. The van der Waals surface area contributed by atoms with E-state index in [9.17, 15) is 4.79 Å². The van der Waals surface area contributed by atoms with E-state index in [2.05, 4.69) is 6.08 Å². The van der Waals surface area contributed by atoms with Crippen LogP contribution in [-0.2, 0) is 19.0 Å². The summed E-state index contributed by atoms with van der Waals surface area (Å²) in [7, 11) is 2.96. The van der Waals surface area contributed by atoms with Crippen molar-refractivity contribution in [3.05, 3.63) is 23.5 Å². The van der Waals surface area contributed by atoms with E-state index in [0.29, 0.717) is 12.1 Å². The summed E-state index contributed by atoms with van der Waals surface area (Å²) in [6.45, 7) is 0.457. The lowest BCUT2D eigenvalue weighted by molar-refractivity contribution is -0.146. The normalized spacial score (nSPS) is 31.1. The van der Waals surface area contributed by atoms with Gasteiger partial charge in [0.2, 0.25) is 6.29 Å². The zero-order chi connectivity index (χ0) is 12.4. The highest BCUT2D eigenvalue weighted by atomic mass is 16.7. The molecule has 0 radical (unpaired) electrons. The third-order valence-corrected chi connectivity index (χ3v) is 3.41. The van der Waals surface area contributed by atoms with Crippen molar-refractivity contribution in [3.8, 4) is 0 Å². The van der Waals surface area contributed by atoms with Crippen molar-refractivity contribution in [1.29, 1.82) is 0 Å². The highest BCUT2D eigenvalue weighted by Crippen LogP contribution is 2.43. The van der Waals surface area contributed by atoms with E-state index in [1.807, 2.05) is 0 Å². The fourth-order valence-corrected chi connectivity index (χ4v) is 2.56. The molecule has 0 fully saturated rings.